The van der Waals surface area contributed by atoms with E-state index in [-0.39, 0.29) is 5.69 Å². The molecule has 0 fully saturated rings. The van der Waals surface area contributed by atoms with E-state index < -0.39 is 5.82 Å². The third-order valence-electron chi connectivity index (χ3n) is 1.29. The molecule has 12 heavy (non-hydrogen) atoms. The van der Waals surface area contributed by atoms with Gasteiger partial charge in [0.25, 0.3) is 0 Å². The molecule has 0 aromatic heterocycles. The maximum Gasteiger partial charge on any atom is 0.147 e. The summed E-state index contributed by atoms with van der Waals surface area (Å²) < 4.78 is 12.8. The Hall–Kier alpha value is -1.14. The number of anilines is 1. The number of nitrogens with two attached hydrogens (primary N) is 1. The normalized spacial score (nSPS) is 9.33. The number of benzene rings is 1. The minimum Gasteiger partial charge on any atom is -0.396 e. The van der Waals surface area contributed by atoms with Crippen molar-refractivity contribution in [2.45, 2.75) is 4.90 Å². The van der Waals surface area contributed by atoms with Gasteiger partial charge in [-0.05, 0) is 18.2 Å². The molecule has 0 aliphatic rings. The molecule has 0 saturated carbocycles. The molecule has 0 atom stereocenters. The van der Waals surface area contributed by atoms with Crippen LogP contribution in [0, 0.1) is 18.2 Å². The first-order valence-electron chi connectivity index (χ1n) is 3.35. The lowest BCUT2D eigenvalue weighted by atomic mass is 10.3. The highest BCUT2D eigenvalue weighted by Gasteiger charge is 1.98. The van der Waals surface area contributed by atoms with E-state index >= 15 is 0 Å². The first kappa shape index (κ1) is 8.95. The third kappa shape index (κ3) is 2.18. The Labute approximate surface area is 75.2 Å². The molecule has 1 aromatic rings. The predicted molar refractivity (Wildman–Crippen MR) is 50.4 cm³/mol. The monoisotopic (exact) mass is 181 g/mol. The van der Waals surface area contributed by atoms with E-state index in [1.54, 1.807) is 6.07 Å². The molecule has 2 N–H and O–H groups in total. The SMILES string of the molecule is C#CCSc1ccc(N)c(F)c1. The van der Waals surface area contributed by atoms with Gasteiger partial charge in [0.15, 0.2) is 0 Å². The molecule has 1 nitrogen and oxygen atoms in total. The zero-order valence-corrected chi connectivity index (χ0v) is 7.20. The Morgan fingerprint density at radius 3 is 2.92 bits per heavy atom. The van der Waals surface area contributed by atoms with Crippen molar-refractivity contribution in [3.63, 3.8) is 0 Å². The molecular weight excluding hydrogens is 173 g/mol. The second-order valence-corrected chi connectivity index (χ2v) is 3.22. The zero-order chi connectivity index (χ0) is 8.97. The van der Waals surface area contributed by atoms with Gasteiger partial charge in [-0.15, -0.1) is 18.2 Å². The number of nitrogen functional groups attached to an aromatic ring is 1. The van der Waals surface area contributed by atoms with Crippen molar-refractivity contribution < 1.29 is 4.39 Å². The summed E-state index contributed by atoms with van der Waals surface area (Å²) in [6.07, 6.45) is 5.06. The van der Waals surface area contributed by atoms with Gasteiger partial charge in [0, 0.05) is 4.90 Å². The summed E-state index contributed by atoms with van der Waals surface area (Å²) in [5, 5.41) is 0. The number of halogens is 1. The molecular formula is C9H8FNS. The van der Waals surface area contributed by atoms with Crippen LogP contribution in [0.25, 0.3) is 0 Å². The molecule has 62 valence electrons. The fraction of sp³-hybridized carbons (Fsp3) is 0.111. The van der Waals surface area contributed by atoms with Crippen molar-refractivity contribution in [2.75, 3.05) is 11.5 Å². The van der Waals surface area contributed by atoms with Crippen LogP contribution in [0.3, 0.4) is 0 Å². The van der Waals surface area contributed by atoms with Crippen LogP contribution in [-0.2, 0) is 0 Å². The number of terminal acetylenes is 1. The largest absolute Gasteiger partial charge is 0.396 e. The van der Waals surface area contributed by atoms with Crippen molar-refractivity contribution in [3.05, 3.63) is 24.0 Å². The molecule has 0 aliphatic heterocycles. The molecule has 0 unspecified atom stereocenters. The van der Waals surface area contributed by atoms with Crippen LogP contribution in [0.15, 0.2) is 23.1 Å². The number of hydrogen-bond donors (Lipinski definition) is 1. The zero-order valence-electron chi connectivity index (χ0n) is 6.38. The Morgan fingerprint density at radius 2 is 2.33 bits per heavy atom. The predicted octanol–water partition coefficient (Wildman–Crippen LogP) is 2.13. The van der Waals surface area contributed by atoms with E-state index in [0.29, 0.717) is 5.75 Å². The lowest BCUT2D eigenvalue weighted by Crippen LogP contribution is -1.89. The average Bonchev–Trinajstić information content (AvgIpc) is 2.07. The van der Waals surface area contributed by atoms with E-state index in [1.807, 2.05) is 0 Å². The van der Waals surface area contributed by atoms with E-state index in [2.05, 4.69) is 5.92 Å². The van der Waals surface area contributed by atoms with Crippen LogP contribution < -0.4 is 5.73 Å². The maximum absolute atomic E-state index is 12.8. The van der Waals surface area contributed by atoms with Gasteiger partial charge < -0.3 is 5.73 Å². The average molecular weight is 181 g/mol. The Balaban J connectivity index is 2.77. The van der Waals surface area contributed by atoms with Crippen molar-refractivity contribution in [1.82, 2.24) is 0 Å². The quantitative estimate of drug-likeness (QED) is 0.429. The second kappa shape index (κ2) is 4.03. The van der Waals surface area contributed by atoms with Crippen LogP contribution in [0.1, 0.15) is 0 Å². The smallest absolute Gasteiger partial charge is 0.147 e. The fourth-order valence-electron chi connectivity index (χ4n) is 0.723. The van der Waals surface area contributed by atoms with Gasteiger partial charge in [-0.2, -0.15) is 0 Å². The molecule has 0 saturated heterocycles. The minimum absolute atomic E-state index is 0.167. The highest BCUT2D eigenvalue weighted by atomic mass is 32.2. The Bertz CT molecular complexity index is 317. The van der Waals surface area contributed by atoms with Gasteiger partial charge in [-0.1, -0.05) is 5.92 Å². The van der Waals surface area contributed by atoms with E-state index in [0.717, 1.165) is 4.90 Å². The lowest BCUT2D eigenvalue weighted by molar-refractivity contribution is 0.629. The summed E-state index contributed by atoms with van der Waals surface area (Å²) in [4.78, 5) is 0.805. The van der Waals surface area contributed by atoms with Gasteiger partial charge in [0.05, 0.1) is 11.4 Å². The van der Waals surface area contributed by atoms with Crippen LogP contribution in [-0.4, -0.2) is 5.75 Å². The Morgan fingerprint density at radius 1 is 1.58 bits per heavy atom. The topological polar surface area (TPSA) is 26.0 Å². The fourth-order valence-corrected chi connectivity index (χ4v) is 1.32. The summed E-state index contributed by atoms with van der Waals surface area (Å²) >= 11 is 1.41. The molecule has 3 heteroatoms. The summed E-state index contributed by atoms with van der Waals surface area (Å²) in [5.41, 5.74) is 5.46. The molecule has 0 spiro atoms. The molecule has 1 rings (SSSR count). The molecule has 0 heterocycles. The lowest BCUT2D eigenvalue weighted by Gasteiger charge is -1.99. The van der Waals surface area contributed by atoms with Crippen LogP contribution in [0.5, 0.6) is 0 Å². The van der Waals surface area contributed by atoms with Gasteiger partial charge in [0.1, 0.15) is 5.82 Å². The standard InChI is InChI=1S/C9H8FNS/c1-2-5-12-7-3-4-9(11)8(10)6-7/h1,3-4,6H,5,11H2. The highest BCUT2D eigenvalue weighted by molar-refractivity contribution is 7.99. The van der Waals surface area contributed by atoms with E-state index in [1.165, 1.54) is 23.9 Å². The van der Waals surface area contributed by atoms with Crippen molar-refractivity contribution in [2.24, 2.45) is 0 Å². The van der Waals surface area contributed by atoms with Gasteiger partial charge >= 0.3 is 0 Å². The van der Waals surface area contributed by atoms with Crippen molar-refractivity contribution in [3.8, 4) is 12.3 Å². The first-order valence-corrected chi connectivity index (χ1v) is 4.34. The molecule has 0 bridgehead atoms. The molecule has 0 amide bonds. The summed E-state index contributed by atoms with van der Waals surface area (Å²) in [5.74, 6) is 2.61. The third-order valence-corrected chi connectivity index (χ3v) is 2.19. The second-order valence-electron chi connectivity index (χ2n) is 2.18. The summed E-state index contributed by atoms with van der Waals surface area (Å²) in [7, 11) is 0. The summed E-state index contributed by atoms with van der Waals surface area (Å²) in [6, 6.07) is 4.67. The molecule has 1 aromatic carbocycles. The van der Waals surface area contributed by atoms with Crippen LogP contribution in [0.4, 0.5) is 10.1 Å². The molecule has 0 radical (unpaired) electrons. The number of rotatable bonds is 2. The van der Waals surface area contributed by atoms with Crippen LogP contribution in [0.2, 0.25) is 0 Å². The highest BCUT2D eigenvalue weighted by Crippen LogP contribution is 2.21. The first-order chi connectivity index (χ1) is 5.74. The van der Waals surface area contributed by atoms with E-state index in [9.17, 15) is 4.39 Å². The van der Waals surface area contributed by atoms with Crippen LogP contribution >= 0.6 is 11.8 Å². The van der Waals surface area contributed by atoms with E-state index in [4.69, 9.17) is 12.2 Å². The number of thioether (sulfide) groups is 1. The maximum atomic E-state index is 12.8. The minimum atomic E-state index is -0.392. The number of hydrogen-bond acceptors (Lipinski definition) is 2. The van der Waals surface area contributed by atoms with Gasteiger partial charge in [0.2, 0.25) is 0 Å². The van der Waals surface area contributed by atoms with Gasteiger partial charge in [-0.3, -0.25) is 0 Å². The van der Waals surface area contributed by atoms with Crippen molar-refractivity contribution >= 4 is 17.4 Å². The Kier molecular flexibility index (Phi) is 3.01. The molecule has 0 aliphatic carbocycles. The van der Waals surface area contributed by atoms with Crippen molar-refractivity contribution in [1.29, 1.82) is 0 Å². The van der Waals surface area contributed by atoms with Gasteiger partial charge in [-0.25, -0.2) is 4.39 Å². The summed E-state index contributed by atoms with van der Waals surface area (Å²) in [6.45, 7) is 0.